The molecular weight excluding hydrogens is 308 g/mol. The third-order valence-corrected chi connectivity index (χ3v) is 3.83. The van der Waals surface area contributed by atoms with E-state index in [4.69, 9.17) is 4.52 Å². The molecule has 5 heteroatoms. The van der Waals surface area contributed by atoms with Crippen LogP contribution < -0.4 is 5.32 Å². The van der Waals surface area contributed by atoms with Gasteiger partial charge in [-0.25, -0.2) is 0 Å². The number of anilines is 1. The van der Waals surface area contributed by atoms with E-state index in [1.54, 1.807) is 0 Å². The van der Waals surface area contributed by atoms with Crippen LogP contribution in [0.5, 0.6) is 0 Å². The highest BCUT2D eigenvalue weighted by Gasteiger charge is 2.13. The number of nitrogens with zero attached hydrogens (tertiary/aromatic N) is 1. The van der Waals surface area contributed by atoms with Gasteiger partial charge in [-0.15, -0.1) is 0 Å². The Bertz CT molecular complexity index is 600. The molecule has 1 amide bonds. The van der Waals surface area contributed by atoms with E-state index in [0.717, 1.165) is 27.0 Å². The smallest absolute Gasteiger partial charge is 0.228 e. The lowest BCUT2D eigenvalue weighted by Gasteiger charge is -2.07. The first-order valence-corrected chi connectivity index (χ1v) is 6.74. The Morgan fingerprint density at radius 3 is 2.68 bits per heavy atom. The maximum Gasteiger partial charge on any atom is 0.228 e. The van der Waals surface area contributed by atoms with Crippen molar-refractivity contribution in [2.24, 2.45) is 0 Å². The second-order valence-electron chi connectivity index (χ2n) is 4.49. The molecule has 0 unspecified atom stereocenters. The number of hydrogen-bond donors (Lipinski definition) is 1. The van der Waals surface area contributed by atoms with Crippen LogP contribution in [0.4, 0.5) is 5.69 Å². The van der Waals surface area contributed by atoms with E-state index < -0.39 is 0 Å². The van der Waals surface area contributed by atoms with Crippen molar-refractivity contribution < 1.29 is 9.32 Å². The molecule has 1 aromatic heterocycles. The predicted octanol–water partition coefficient (Wildman–Crippen LogP) is 3.54. The van der Waals surface area contributed by atoms with E-state index in [0.29, 0.717) is 5.76 Å². The van der Waals surface area contributed by atoms with Gasteiger partial charge >= 0.3 is 0 Å². The zero-order valence-electron chi connectivity index (χ0n) is 11.1. The number of halogens is 1. The number of amides is 1. The number of carbonyl (C=O) groups excluding carboxylic acids is 1. The zero-order chi connectivity index (χ0) is 14.0. The molecular formula is C14H15BrN2O2. The Morgan fingerprint density at radius 1 is 1.37 bits per heavy atom. The van der Waals surface area contributed by atoms with E-state index in [-0.39, 0.29) is 12.3 Å². The van der Waals surface area contributed by atoms with Gasteiger partial charge in [0.2, 0.25) is 5.91 Å². The van der Waals surface area contributed by atoms with Crippen LogP contribution in [0.25, 0.3) is 0 Å². The number of hydrogen-bond acceptors (Lipinski definition) is 3. The van der Waals surface area contributed by atoms with Crippen molar-refractivity contribution in [2.45, 2.75) is 27.2 Å². The van der Waals surface area contributed by atoms with Gasteiger partial charge in [-0.2, -0.15) is 0 Å². The van der Waals surface area contributed by atoms with Crippen LogP contribution in [0, 0.1) is 20.8 Å². The second-order valence-corrected chi connectivity index (χ2v) is 5.35. The third kappa shape index (κ3) is 3.23. The van der Waals surface area contributed by atoms with E-state index in [1.165, 1.54) is 0 Å². The lowest BCUT2D eigenvalue weighted by Crippen LogP contribution is -2.15. The molecule has 1 heterocycles. The molecule has 4 nitrogen and oxygen atoms in total. The summed E-state index contributed by atoms with van der Waals surface area (Å²) in [7, 11) is 0. The van der Waals surface area contributed by atoms with Gasteiger partial charge in [-0.3, -0.25) is 4.79 Å². The summed E-state index contributed by atoms with van der Waals surface area (Å²) in [6, 6.07) is 5.72. The molecule has 100 valence electrons. The van der Waals surface area contributed by atoms with Crippen molar-refractivity contribution in [3.05, 3.63) is 45.3 Å². The highest BCUT2D eigenvalue weighted by Crippen LogP contribution is 2.21. The molecule has 0 atom stereocenters. The highest BCUT2D eigenvalue weighted by molar-refractivity contribution is 9.10. The van der Waals surface area contributed by atoms with Gasteiger partial charge in [0.25, 0.3) is 0 Å². The molecule has 0 bridgehead atoms. The van der Waals surface area contributed by atoms with Crippen LogP contribution in [0.2, 0.25) is 0 Å². The molecule has 0 saturated carbocycles. The summed E-state index contributed by atoms with van der Waals surface area (Å²) in [5.41, 5.74) is 3.51. The summed E-state index contributed by atoms with van der Waals surface area (Å²) in [5.74, 6) is 0.614. The highest BCUT2D eigenvalue weighted by atomic mass is 79.9. The topological polar surface area (TPSA) is 55.1 Å². The molecule has 0 saturated heterocycles. The summed E-state index contributed by atoms with van der Waals surface area (Å²) in [6.45, 7) is 5.65. The number of nitrogens with one attached hydrogen (secondary N) is 1. The molecule has 1 N–H and O–H groups in total. The van der Waals surface area contributed by atoms with Crippen molar-refractivity contribution >= 4 is 27.5 Å². The predicted molar refractivity (Wildman–Crippen MR) is 77.2 cm³/mol. The SMILES string of the molecule is Cc1ccc(NC(=O)Cc2c(C)noc2C)cc1Br. The minimum Gasteiger partial charge on any atom is -0.361 e. The summed E-state index contributed by atoms with van der Waals surface area (Å²) in [6.07, 6.45) is 0.270. The summed E-state index contributed by atoms with van der Waals surface area (Å²) < 4.78 is 6.02. The Labute approximate surface area is 120 Å². The Balaban J connectivity index is 2.07. The van der Waals surface area contributed by atoms with E-state index in [2.05, 4.69) is 26.4 Å². The normalized spacial score (nSPS) is 10.5. The van der Waals surface area contributed by atoms with Crippen LogP contribution in [0.3, 0.4) is 0 Å². The van der Waals surface area contributed by atoms with Crippen LogP contribution >= 0.6 is 15.9 Å². The molecule has 1 aromatic carbocycles. The van der Waals surface area contributed by atoms with Crippen molar-refractivity contribution in [3.8, 4) is 0 Å². The minimum absolute atomic E-state index is 0.0786. The number of aromatic nitrogens is 1. The molecule has 19 heavy (non-hydrogen) atoms. The van der Waals surface area contributed by atoms with Gasteiger partial charge in [0.1, 0.15) is 5.76 Å². The number of carbonyl (C=O) groups is 1. The Kier molecular flexibility index (Phi) is 4.04. The van der Waals surface area contributed by atoms with E-state index in [9.17, 15) is 4.79 Å². The first-order valence-electron chi connectivity index (χ1n) is 5.95. The van der Waals surface area contributed by atoms with Gasteiger partial charge < -0.3 is 9.84 Å². The lowest BCUT2D eigenvalue weighted by atomic mass is 10.1. The van der Waals surface area contributed by atoms with E-state index >= 15 is 0 Å². The fraction of sp³-hybridized carbons (Fsp3) is 0.286. The third-order valence-electron chi connectivity index (χ3n) is 2.97. The van der Waals surface area contributed by atoms with Gasteiger partial charge in [-0.05, 0) is 38.5 Å². The Hall–Kier alpha value is -1.62. The summed E-state index contributed by atoms with van der Waals surface area (Å²) >= 11 is 3.44. The maximum atomic E-state index is 12.0. The minimum atomic E-state index is -0.0786. The largest absolute Gasteiger partial charge is 0.361 e. The summed E-state index contributed by atoms with van der Waals surface area (Å²) in [4.78, 5) is 12.0. The fourth-order valence-electron chi connectivity index (χ4n) is 1.79. The molecule has 0 aliphatic carbocycles. The number of rotatable bonds is 3. The van der Waals surface area contributed by atoms with Gasteiger partial charge in [0.05, 0.1) is 12.1 Å². The quantitative estimate of drug-likeness (QED) is 0.940. The summed E-state index contributed by atoms with van der Waals surface area (Å²) in [5, 5.41) is 6.70. The van der Waals surface area contributed by atoms with Crippen molar-refractivity contribution in [3.63, 3.8) is 0 Å². The Morgan fingerprint density at radius 2 is 2.11 bits per heavy atom. The lowest BCUT2D eigenvalue weighted by molar-refractivity contribution is -0.115. The van der Waals surface area contributed by atoms with Crippen molar-refractivity contribution in [2.75, 3.05) is 5.32 Å². The maximum absolute atomic E-state index is 12.0. The van der Waals surface area contributed by atoms with Crippen LogP contribution in [0.15, 0.2) is 27.2 Å². The average molecular weight is 323 g/mol. The van der Waals surface area contributed by atoms with Gasteiger partial charge in [0.15, 0.2) is 0 Å². The fourth-order valence-corrected chi connectivity index (χ4v) is 2.17. The zero-order valence-corrected chi connectivity index (χ0v) is 12.7. The number of benzene rings is 1. The molecule has 2 rings (SSSR count). The number of aryl methyl sites for hydroxylation is 3. The molecule has 0 spiro atoms. The van der Waals surface area contributed by atoms with Crippen LogP contribution in [-0.2, 0) is 11.2 Å². The first-order chi connectivity index (χ1) is 8.97. The van der Waals surface area contributed by atoms with Gasteiger partial charge in [-0.1, -0.05) is 27.2 Å². The second kappa shape index (κ2) is 5.57. The average Bonchev–Trinajstić information content (AvgIpc) is 2.66. The van der Waals surface area contributed by atoms with Gasteiger partial charge in [0, 0.05) is 15.7 Å². The van der Waals surface area contributed by atoms with Crippen LogP contribution in [0.1, 0.15) is 22.6 Å². The first kappa shape index (κ1) is 13.8. The molecule has 0 aliphatic rings. The molecule has 2 aromatic rings. The molecule has 0 aliphatic heterocycles. The van der Waals surface area contributed by atoms with Crippen molar-refractivity contribution in [1.82, 2.24) is 5.16 Å². The molecule has 0 radical (unpaired) electrons. The standard InChI is InChI=1S/C14H15BrN2O2/c1-8-4-5-11(6-13(8)15)16-14(18)7-12-9(2)17-19-10(12)3/h4-6H,7H2,1-3H3,(H,16,18). The van der Waals surface area contributed by atoms with Crippen molar-refractivity contribution in [1.29, 1.82) is 0 Å². The van der Waals surface area contributed by atoms with E-state index in [1.807, 2.05) is 39.0 Å². The molecule has 0 fully saturated rings. The van der Waals surface area contributed by atoms with Crippen LogP contribution in [-0.4, -0.2) is 11.1 Å². The monoisotopic (exact) mass is 322 g/mol.